The molecule has 27 heavy (non-hydrogen) atoms. The zero-order valence-electron chi connectivity index (χ0n) is 14.1. The minimum absolute atomic E-state index is 0.535. The van der Waals surface area contributed by atoms with E-state index >= 15 is 0 Å². The van der Waals surface area contributed by atoms with Crippen molar-refractivity contribution in [1.82, 2.24) is 25.0 Å². The third-order valence-corrected chi connectivity index (χ3v) is 5.67. The molecule has 0 radical (unpaired) electrons. The molecule has 9 heteroatoms. The van der Waals surface area contributed by atoms with Gasteiger partial charge in [0.1, 0.15) is 17.1 Å². The first-order valence-electron chi connectivity index (χ1n) is 7.93. The van der Waals surface area contributed by atoms with Crippen molar-refractivity contribution in [1.29, 1.82) is 0 Å². The molecule has 0 saturated heterocycles. The van der Waals surface area contributed by atoms with Gasteiger partial charge in [-0.15, -0.1) is 5.10 Å². The largest absolute Gasteiger partial charge is 0.497 e. The lowest BCUT2D eigenvalue weighted by molar-refractivity contribution is 0.414. The summed E-state index contributed by atoms with van der Waals surface area (Å²) >= 11 is 13.6. The van der Waals surface area contributed by atoms with Crippen molar-refractivity contribution < 1.29 is 4.74 Å². The summed E-state index contributed by atoms with van der Waals surface area (Å²) in [5.74, 6) is 1.45. The fraction of sp³-hybridized carbons (Fsp3) is 0.111. The summed E-state index contributed by atoms with van der Waals surface area (Å²) in [5, 5.41) is 10.3. The summed E-state index contributed by atoms with van der Waals surface area (Å²) in [6, 6.07) is 13.1. The lowest BCUT2D eigenvalue weighted by Gasteiger charge is -2.05. The van der Waals surface area contributed by atoms with Gasteiger partial charge < -0.3 is 4.74 Å². The highest BCUT2D eigenvalue weighted by Crippen LogP contribution is 2.29. The first kappa shape index (κ1) is 18.0. The predicted octanol–water partition coefficient (Wildman–Crippen LogP) is 4.82. The fourth-order valence-corrected chi connectivity index (χ4v) is 3.71. The van der Waals surface area contributed by atoms with Crippen molar-refractivity contribution in [3.8, 4) is 11.4 Å². The standard InChI is InChI=1S/C18H13Cl2N5OS/c1-26-13-5-3-12(4-6-13)25-17-16(23-24-25)18(22-10-21-17)27-9-11-2-7-14(19)15(20)8-11/h2-8,10H,9H2,1H3. The monoisotopic (exact) mass is 417 g/mol. The average molecular weight is 418 g/mol. The number of thioether (sulfide) groups is 1. The van der Waals surface area contributed by atoms with E-state index in [1.807, 2.05) is 36.4 Å². The molecule has 2 aromatic heterocycles. The number of fused-ring (bicyclic) bond motifs is 1. The zero-order chi connectivity index (χ0) is 18.8. The predicted molar refractivity (Wildman–Crippen MR) is 107 cm³/mol. The molecule has 0 aliphatic carbocycles. The van der Waals surface area contributed by atoms with E-state index in [1.165, 1.54) is 6.33 Å². The maximum Gasteiger partial charge on any atom is 0.187 e. The van der Waals surface area contributed by atoms with Crippen LogP contribution in [0.15, 0.2) is 53.8 Å². The first-order chi connectivity index (χ1) is 13.2. The van der Waals surface area contributed by atoms with Crippen molar-refractivity contribution in [3.63, 3.8) is 0 Å². The van der Waals surface area contributed by atoms with E-state index in [9.17, 15) is 0 Å². The highest BCUT2D eigenvalue weighted by Gasteiger charge is 2.14. The van der Waals surface area contributed by atoms with Crippen LogP contribution in [0.2, 0.25) is 10.0 Å². The summed E-state index contributed by atoms with van der Waals surface area (Å²) < 4.78 is 6.87. The van der Waals surface area contributed by atoms with E-state index in [1.54, 1.807) is 29.6 Å². The number of aromatic nitrogens is 5. The van der Waals surface area contributed by atoms with E-state index in [2.05, 4.69) is 20.3 Å². The Morgan fingerprint density at radius 2 is 1.85 bits per heavy atom. The van der Waals surface area contributed by atoms with Gasteiger partial charge in [-0.3, -0.25) is 0 Å². The van der Waals surface area contributed by atoms with Crippen molar-refractivity contribution in [3.05, 3.63) is 64.4 Å². The number of ether oxygens (including phenoxy) is 1. The lowest BCUT2D eigenvalue weighted by atomic mass is 10.2. The second-order valence-corrected chi connectivity index (χ2v) is 7.37. The maximum absolute atomic E-state index is 6.08. The number of hydrogen-bond donors (Lipinski definition) is 0. The van der Waals surface area contributed by atoms with Crippen LogP contribution in [0.1, 0.15) is 5.56 Å². The molecule has 4 rings (SSSR count). The van der Waals surface area contributed by atoms with Crippen LogP contribution >= 0.6 is 35.0 Å². The third kappa shape index (κ3) is 3.71. The molecule has 0 bridgehead atoms. The Balaban J connectivity index is 1.62. The molecule has 0 aliphatic rings. The van der Waals surface area contributed by atoms with Crippen LogP contribution in [0.3, 0.4) is 0 Å². The Labute approximate surface area is 169 Å². The Morgan fingerprint density at radius 1 is 1.04 bits per heavy atom. The summed E-state index contributed by atoms with van der Waals surface area (Å²) in [4.78, 5) is 8.70. The smallest absolute Gasteiger partial charge is 0.187 e. The molecule has 0 saturated carbocycles. The Bertz CT molecular complexity index is 1100. The number of methoxy groups -OCH3 is 1. The van der Waals surface area contributed by atoms with Crippen LogP contribution < -0.4 is 4.74 Å². The van der Waals surface area contributed by atoms with Gasteiger partial charge >= 0.3 is 0 Å². The van der Waals surface area contributed by atoms with Crippen LogP contribution in [0.4, 0.5) is 0 Å². The van der Waals surface area contributed by atoms with Gasteiger partial charge in [0, 0.05) is 5.75 Å². The molecule has 6 nitrogen and oxygen atoms in total. The number of benzene rings is 2. The minimum Gasteiger partial charge on any atom is -0.497 e. The number of nitrogens with zero attached hydrogens (tertiary/aromatic N) is 5. The van der Waals surface area contributed by atoms with Gasteiger partial charge in [0.2, 0.25) is 0 Å². The van der Waals surface area contributed by atoms with Gasteiger partial charge in [-0.25, -0.2) is 9.97 Å². The van der Waals surface area contributed by atoms with Crippen molar-refractivity contribution in [2.45, 2.75) is 10.8 Å². The van der Waals surface area contributed by atoms with Crippen molar-refractivity contribution >= 4 is 46.1 Å². The normalized spacial score (nSPS) is 11.1. The molecule has 0 N–H and O–H groups in total. The summed E-state index contributed by atoms with van der Waals surface area (Å²) in [7, 11) is 1.63. The molecule has 0 unspecified atom stereocenters. The quantitative estimate of drug-likeness (QED) is 0.342. The molecule has 0 spiro atoms. The zero-order valence-corrected chi connectivity index (χ0v) is 16.5. The van der Waals surface area contributed by atoms with E-state index in [4.69, 9.17) is 27.9 Å². The molecular formula is C18H13Cl2N5OS. The van der Waals surface area contributed by atoms with E-state index in [0.717, 1.165) is 22.0 Å². The summed E-state index contributed by atoms with van der Waals surface area (Å²) in [6.45, 7) is 0. The van der Waals surface area contributed by atoms with Crippen molar-refractivity contribution in [2.24, 2.45) is 0 Å². The van der Waals surface area contributed by atoms with Crippen LogP contribution in [0.5, 0.6) is 5.75 Å². The third-order valence-electron chi connectivity index (χ3n) is 3.88. The molecule has 136 valence electrons. The fourth-order valence-electron chi connectivity index (χ4n) is 2.51. The van der Waals surface area contributed by atoms with Gasteiger partial charge in [-0.2, -0.15) is 4.68 Å². The van der Waals surface area contributed by atoms with Crippen LogP contribution in [-0.2, 0) is 5.75 Å². The van der Waals surface area contributed by atoms with Gasteiger partial charge in [0.25, 0.3) is 0 Å². The molecule has 0 aliphatic heterocycles. The SMILES string of the molecule is COc1ccc(-n2nnc3c(SCc4ccc(Cl)c(Cl)c4)ncnc32)cc1. The molecule has 0 amide bonds. The molecule has 2 aromatic carbocycles. The topological polar surface area (TPSA) is 65.7 Å². The van der Waals surface area contributed by atoms with Gasteiger partial charge in [0.15, 0.2) is 11.2 Å². The van der Waals surface area contributed by atoms with Gasteiger partial charge in [-0.05, 0) is 42.0 Å². The summed E-state index contributed by atoms with van der Waals surface area (Å²) in [6.07, 6.45) is 1.52. The number of halogens is 2. The molecule has 4 aromatic rings. The highest BCUT2D eigenvalue weighted by molar-refractivity contribution is 7.98. The number of hydrogen-bond acceptors (Lipinski definition) is 6. The minimum atomic E-state index is 0.535. The highest BCUT2D eigenvalue weighted by atomic mass is 35.5. The van der Waals surface area contributed by atoms with Gasteiger partial charge in [0.05, 0.1) is 22.8 Å². The van der Waals surface area contributed by atoms with Crippen LogP contribution in [0, 0.1) is 0 Å². The lowest BCUT2D eigenvalue weighted by Crippen LogP contribution is -1.98. The van der Waals surface area contributed by atoms with Gasteiger partial charge in [-0.1, -0.05) is 46.2 Å². The summed E-state index contributed by atoms with van der Waals surface area (Å²) in [5.41, 5.74) is 3.19. The van der Waals surface area contributed by atoms with E-state index in [0.29, 0.717) is 27.0 Å². The second kappa shape index (κ2) is 7.72. The Kier molecular flexibility index (Phi) is 5.15. The van der Waals surface area contributed by atoms with E-state index < -0.39 is 0 Å². The molecule has 0 fully saturated rings. The Morgan fingerprint density at radius 3 is 2.59 bits per heavy atom. The number of rotatable bonds is 5. The molecule has 0 atom stereocenters. The maximum atomic E-state index is 6.08. The van der Waals surface area contributed by atoms with E-state index in [-0.39, 0.29) is 0 Å². The Hall–Kier alpha value is -2.35. The first-order valence-corrected chi connectivity index (χ1v) is 9.67. The second-order valence-electron chi connectivity index (χ2n) is 5.59. The van der Waals surface area contributed by atoms with Crippen LogP contribution in [0.25, 0.3) is 16.9 Å². The van der Waals surface area contributed by atoms with Crippen LogP contribution in [-0.4, -0.2) is 32.1 Å². The molecule has 2 heterocycles. The molecular weight excluding hydrogens is 405 g/mol. The van der Waals surface area contributed by atoms with Crippen molar-refractivity contribution in [2.75, 3.05) is 7.11 Å². The average Bonchev–Trinajstić information content (AvgIpc) is 3.14.